The molecule has 0 atom stereocenters. The minimum absolute atomic E-state index is 0.561. The molecule has 1 radical (unpaired) electrons. The van der Waals surface area contributed by atoms with Crippen molar-refractivity contribution in [1.82, 2.24) is 9.97 Å². The van der Waals surface area contributed by atoms with Crippen LogP contribution in [0.3, 0.4) is 0 Å². The molecule has 1 aromatic heterocycles. The largest absolute Gasteiger partial charge is 0.235 e. The Morgan fingerprint density at radius 2 is 2.33 bits per heavy atom. The molecule has 3 heteroatoms. The van der Waals surface area contributed by atoms with E-state index >= 15 is 0 Å². The molecule has 12 heavy (non-hydrogen) atoms. The lowest BCUT2D eigenvalue weighted by Gasteiger charge is -1.94. The van der Waals surface area contributed by atoms with Crippen LogP contribution in [0, 0.1) is 17.5 Å². The molecular formula is C9H4N3. The summed E-state index contributed by atoms with van der Waals surface area (Å²) in [5.41, 5.74) is 1.22. The zero-order valence-corrected chi connectivity index (χ0v) is 6.15. The number of benzene rings is 1. The van der Waals surface area contributed by atoms with Crippen LogP contribution >= 0.6 is 0 Å². The Bertz CT molecular complexity index is 451. The van der Waals surface area contributed by atoms with Gasteiger partial charge in [-0.15, -0.1) is 0 Å². The van der Waals surface area contributed by atoms with Crippen LogP contribution in [0.15, 0.2) is 24.5 Å². The predicted molar refractivity (Wildman–Crippen MR) is 43.1 cm³/mol. The minimum atomic E-state index is 0.561. The average Bonchev–Trinajstić information content (AvgIpc) is 2.17. The molecule has 0 spiro atoms. The molecule has 3 nitrogen and oxygen atoms in total. The molecule has 0 aliphatic heterocycles. The maximum absolute atomic E-state index is 8.71. The standard InChI is InChI=1S/C9H4N3/c10-4-7-2-1-3-8-5-11-6-12-9(7)8/h1-3,6H. The van der Waals surface area contributed by atoms with E-state index < -0.39 is 0 Å². The van der Waals surface area contributed by atoms with Crippen molar-refractivity contribution in [3.05, 3.63) is 36.3 Å². The molecule has 1 aromatic carbocycles. The molecule has 0 N–H and O–H groups in total. The molecule has 0 bridgehead atoms. The smallest absolute Gasteiger partial charge is 0.116 e. The Morgan fingerprint density at radius 1 is 1.42 bits per heavy atom. The van der Waals surface area contributed by atoms with Crippen molar-refractivity contribution >= 4 is 10.9 Å². The maximum atomic E-state index is 8.71. The van der Waals surface area contributed by atoms with E-state index in [-0.39, 0.29) is 0 Å². The monoisotopic (exact) mass is 154 g/mol. The molecule has 55 valence electrons. The van der Waals surface area contributed by atoms with Crippen LogP contribution < -0.4 is 0 Å². The van der Waals surface area contributed by atoms with Gasteiger partial charge in [0.05, 0.1) is 11.1 Å². The van der Waals surface area contributed by atoms with Gasteiger partial charge in [0.1, 0.15) is 18.6 Å². The highest BCUT2D eigenvalue weighted by molar-refractivity contribution is 5.82. The highest BCUT2D eigenvalue weighted by Crippen LogP contribution is 2.12. The highest BCUT2D eigenvalue weighted by atomic mass is 14.8. The van der Waals surface area contributed by atoms with Crippen LogP contribution in [-0.4, -0.2) is 9.97 Å². The van der Waals surface area contributed by atoms with E-state index in [9.17, 15) is 0 Å². The number of para-hydroxylation sites is 1. The molecule has 0 fully saturated rings. The fourth-order valence-corrected chi connectivity index (χ4v) is 1.05. The van der Waals surface area contributed by atoms with Crippen LogP contribution in [0.25, 0.3) is 10.9 Å². The van der Waals surface area contributed by atoms with Crippen molar-refractivity contribution in [2.75, 3.05) is 0 Å². The van der Waals surface area contributed by atoms with Gasteiger partial charge in [0.25, 0.3) is 0 Å². The van der Waals surface area contributed by atoms with E-state index in [1.165, 1.54) is 6.33 Å². The number of nitriles is 1. The van der Waals surface area contributed by atoms with Crippen molar-refractivity contribution in [2.45, 2.75) is 0 Å². The van der Waals surface area contributed by atoms with Crippen molar-refractivity contribution in [1.29, 1.82) is 5.26 Å². The topological polar surface area (TPSA) is 49.6 Å². The molecule has 0 aliphatic carbocycles. The summed E-state index contributed by atoms with van der Waals surface area (Å²) in [5.74, 6) is 0. The lowest BCUT2D eigenvalue weighted by Crippen LogP contribution is -1.84. The van der Waals surface area contributed by atoms with E-state index in [1.807, 2.05) is 6.07 Å². The SMILES string of the molecule is N#Cc1cccc2[c]ncnc12. The summed E-state index contributed by atoms with van der Waals surface area (Å²) in [6.07, 6.45) is 4.15. The van der Waals surface area contributed by atoms with E-state index in [4.69, 9.17) is 5.26 Å². The van der Waals surface area contributed by atoms with Crippen LogP contribution in [0.1, 0.15) is 5.56 Å². The number of hydrogen-bond donors (Lipinski definition) is 0. The third-order valence-electron chi connectivity index (χ3n) is 1.59. The molecule has 2 rings (SSSR count). The van der Waals surface area contributed by atoms with Gasteiger partial charge >= 0.3 is 0 Å². The quantitative estimate of drug-likeness (QED) is 0.574. The van der Waals surface area contributed by atoms with Gasteiger partial charge in [-0.3, -0.25) is 0 Å². The Hall–Kier alpha value is -1.95. The predicted octanol–water partition coefficient (Wildman–Crippen LogP) is 1.30. The van der Waals surface area contributed by atoms with E-state index in [1.54, 1.807) is 12.1 Å². The number of fused-ring (bicyclic) bond motifs is 1. The van der Waals surface area contributed by atoms with Crippen LogP contribution in [0.5, 0.6) is 0 Å². The summed E-state index contributed by atoms with van der Waals surface area (Å²) in [4.78, 5) is 7.73. The third kappa shape index (κ3) is 0.903. The van der Waals surface area contributed by atoms with Crippen molar-refractivity contribution in [3.63, 3.8) is 0 Å². The van der Waals surface area contributed by atoms with Gasteiger partial charge in [-0.1, -0.05) is 12.1 Å². The van der Waals surface area contributed by atoms with Gasteiger partial charge in [0.2, 0.25) is 0 Å². The number of hydrogen-bond acceptors (Lipinski definition) is 3. The lowest BCUT2D eigenvalue weighted by atomic mass is 10.1. The first-order chi connectivity index (χ1) is 5.92. The minimum Gasteiger partial charge on any atom is -0.235 e. The fraction of sp³-hybridized carbons (Fsp3) is 0. The summed E-state index contributed by atoms with van der Waals surface area (Å²) >= 11 is 0. The zero-order chi connectivity index (χ0) is 8.39. The van der Waals surface area contributed by atoms with Crippen molar-refractivity contribution < 1.29 is 0 Å². The summed E-state index contributed by atoms with van der Waals surface area (Å²) in [6.45, 7) is 0. The lowest BCUT2D eigenvalue weighted by molar-refractivity contribution is 1.21. The second-order valence-corrected chi connectivity index (χ2v) is 2.30. The number of nitrogens with zero attached hydrogens (tertiary/aromatic N) is 3. The van der Waals surface area contributed by atoms with Gasteiger partial charge in [-0.2, -0.15) is 5.26 Å². The first-order valence-corrected chi connectivity index (χ1v) is 3.43. The Balaban J connectivity index is 2.91. The Morgan fingerprint density at radius 3 is 3.17 bits per heavy atom. The zero-order valence-electron chi connectivity index (χ0n) is 6.15. The Kier molecular flexibility index (Phi) is 1.45. The molecule has 0 saturated carbocycles. The van der Waals surface area contributed by atoms with Crippen molar-refractivity contribution in [3.8, 4) is 6.07 Å². The average molecular weight is 154 g/mol. The molecule has 1 heterocycles. The van der Waals surface area contributed by atoms with Crippen LogP contribution in [-0.2, 0) is 0 Å². The molecule has 0 saturated heterocycles. The summed E-state index contributed by atoms with van der Waals surface area (Å²) in [5, 5.41) is 9.49. The normalized spacial score (nSPS) is 9.58. The summed E-state index contributed by atoms with van der Waals surface area (Å²) in [6, 6.07) is 7.41. The second kappa shape index (κ2) is 2.59. The van der Waals surface area contributed by atoms with Crippen molar-refractivity contribution in [2.24, 2.45) is 0 Å². The van der Waals surface area contributed by atoms with Gasteiger partial charge in [-0.25, -0.2) is 9.97 Å². The molecule has 0 unspecified atom stereocenters. The molecule has 0 amide bonds. The molecular weight excluding hydrogens is 150 g/mol. The first-order valence-electron chi connectivity index (χ1n) is 3.43. The molecule has 0 aliphatic rings. The summed E-state index contributed by atoms with van der Waals surface area (Å²) in [7, 11) is 0. The van der Waals surface area contributed by atoms with Gasteiger partial charge in [-0.05, 0) is 6.07 Å². The molecule has 2 aromatic rings. The number of aromatic nitrogens is 2. The van der Waals surface area contributed by atoms with Crippen LogP contribution in [0.4, 0.5) is 0 Å². The summed E-state index contributed by atoms with van der Waals surface area (Å²) < 4.78 is 0. The van der Waals surface area contributed by atoms with E-state index in [0.717, 1.165) is 5.39 Å². The second-order valence-electron chi connectivity index (χ2n) is 2.30. The highest BCUT2D eigenvalue weighted by Gasteiger charge is 1.99. The van der Waals surface area contributed by atoms with Crippen LogP contribution in [0.2, 0.25) is 0 Å². The first kappa shape index (κ1) is 6.74. The number of rotatable bonds is 0. The van der Waals surface area contributed by atoms with E-state index in [2.05, 4.69) is 22.2 Å². The van der Waals surface area contributed by atoms with E-state index in [0.29, 0.717) is 11.1 Å². The van der Waals surface area contributed by atoms with Gasteiger partial charge in [0.15, 0.2) is 0 Å². The van der Waals surface area contributed by atoms with Gasteiger partial charge in [0, 0.05) is 5.39 Å². The maximum Gasteiger partial charge on any atom is 0.116 e. The van der Waals surface area contributed by atoms with Gasteiger partial charge < -0.3 is 0 Å². The Labute approximate surface area is 69.3 Å². The fourth-order valence-electron chi connectivity index (χ4n) is 1.05. The third-order valence-corrected chi connectivity index (χ3v) is 1.59.